The van der Waals surface area contributed by atoms with Gasteiger partial charge in [0.1, 0.15) is 5.01 Å². The van der Waals surface area contributed by atoms with Gasteiger partial charge in [-0.1, -0.05) is 11.3 Å². The summed E-state index contributed by atoms with van der Waals surface area (Å²) in [7, 11) is 1.97. The number of aromatic nitrogens is 5. The molecule has 2 fully saturated rings. The van der Waals surface area contributed by atoms with Crippen molar-refractivity contribution >= 4 is 27.2 Å². The molecule has 1 saturated heterocycles. The number of hydrogen-bond donors (Lipinski definition) is 1. The number of imidazole rings is 1. The third-order valence-corrected chi connectivity index (χ3v) is 7.65. The molecule has 2 atom stereocenters. The Morgan fingerprint density at radius 2 is 2.14 bits per heavy atom. The van der Waals surface area contributed by atoms with Crippen molar-refractivity contribution in [3.8, 4) is 10.6 Å². The highest BCUT2D eigenvalue weighted by Crippen LogP contribution is 2.49. The second-order valence-corrected chi connectivity index (χ2v) is 9.66. The van der Waals surface area contributed by atoms with E-state index in [-0.39, 0.29) is 0 Å². The van der Waals surface area contributed by atoms with Gasteiger partial charge in [-0.25, -0.2) is 9.50 Å². The normalized spacial score (nSPS) is 25.0. The van der Waals surface area contributed by atoms with E-state index in [9.17, 15) is 0 Å². The van der Waals surface area contributed by atoms with Gasteiger partial charge in [0.2, 0.25) is 4.96 Å². The Kier molecular flexibility index (Phi) is 3.50. The zero-order chi connectivity index (χ0) is 18.9. The fourth-order valence-corrected chi connectivity index (χ4v) is 6.10. The standard InChI is InChI=1S/C21H24N6S/c1-13-7-15(8-16-10-26(2)24-18(13)16)19-25-27-11-17(23-20(27)28-19)14-3-4-21(9-14)5-6-22-12-21/h7-8,10-11,14,22H,3-6,9,12H2,1-2H3/t14-,21-/m1/s1. The van der Waals surface area contributed by atoms with E-state index in [1.165, 1.54) is 50.0 Å². The molecule has 0 unspecified atom stereocenters. The predicted molar refractivity (Wildman–Crippen MR) is 112 cm³/mol. The van der Waals surface area contributed by atoms with Crippen LogP contribution in [0.25, 0.3) is 26.4 Å². The van der Waals surface area contributed by atoms with Crippen LogP contribution in [0.1, 0.15) is 42.9 Å². The van der Waals surface area contributed by atoms with E-state index in [0.29, 0.717) is 11.3 Å². The average Bonchev–Trinajstić information content (AvgIpc) is 3.44. The van der Waals surface area contributed by atoms with Crippen LogP contribution in [0.3, 0.4) is 0 Å². The SMILES string of the molecule is Cc1cc(-c2nn3cc([C@@H]4CC[C@@]5(CCNC5)C4)nc3s2)cc2cn(C)nc12. The Morgan fingerprint density at radius 1 is 1.21 bits per heavy atom. The van der Waals surface area contributed by atoms with Crippen molar-refractivity contribution in [2.45, 2.75) is 38.5 Å². The highest BCUT2D eigenvalue weighted by atomic mass is 32.1. The Balaban J connectivity index is 1.32. The molecule has 0 radical (unpaired) electrons. The van der Waals surface area contributed by atoms with Gasteiger partial charge in [-0.05, 0) is 62.3 Å². The van der Waals surface area contributed by atoms with E-state index in [1.807, 2.05) is 16.2 Å². The molecular formula is C21H24N6S. The minimum absolute atomic E-state index is 0.525. The Bertz CT molecular complexity index is 1160. The molecule has 6 nitrogen and oxygen atoms in total. The van der Waals surface area contributed by atoms with Gasteiger partial charge in [0, 0.05) is 36.7 Å². The van der Waals surface area contributed by atoms with Crippen molar-refractivity contribution in [3.05, 3.63) is 35.8 Å². The van der Waals surface area contributed by atoms with E-state index >= 15 is 0 Å². The van der Waals surface area contributed by atoms with Crippen LogP contribution in [0.5, 0.6) is 0 Å². The molecule has 2 aliphatic rings. The van der Waals surface area contributed by atoms with Gasteiger partial charge in [-0.3, -0.25) is 4.68 Å². The summed E-state index contributed by atoms with van der Waals surface area (Å²) in [5, 5.41) is 15.1. The minimum Gasteiger partial charge on any atom is -0.316 e. The largest absolute Gasteiger partial charge is 0.316 e. The third-order valence-electron chi connectivity index (χ3n) is 6.68. The van der Waals surface area contributed by atoms with Crippen LogP contribution in [0.15, 0.2) is 24.5 Å². The van der Waals surface area contributed by atoms with Gasteiger partial charge in [0.25, 0.3) is 0 Å². The van der Waals surface area contributed by atoms with Crippen molar-refractivity contribution in [1.29, 1.82) is 0 Å². The third kappa shape index (κ3) is 2.53. The first-order valence-corrected chi connectivity index (χ1v) is 10.9. The Labute approximate surface area is 167 Å². The number of hydrogen-bond acceptors (Lipinski definition) is 5. The van der Waals surface area contributed by atoms with Crippen LogP contribution in [0, 0.1) is 12.3 Å². The van der Waals surface area contributed by atoms with Crippen LogP contribution in [-0.4, -0.2) is 37.5 Å². The van der Waals surface area contributed by atoms with Crippen molar-refractivity contribution in [2.24, 2.45) is 12.5 Å². The maximum absolute atomic E-state index is 4.97. The molecule has 144 valence electrons. The van der Waals surface area contributed by atoms with Crippen molar-refractivity contribution in [3.63, 3.8) is 0 Å². The van der Waals surface area contributed by atoms with Crippen LogP contribution < -0.4 is 5.32 Å². The number of rotatable bonds is 2. The van der Waals surface area contributed by atoms with Crippen molar-refractivity contribution < 1.29 is 0 Å². The van der Waals surface area contributed by atoms with Crippen LogP contribution in [0.4, 0.5) is 0 Å². The fraction of sp³-hybridized carbons (Fsp3) is 0.476. The van der Waals surface area contributed by atoms with Crippen molar-refractivity contribution in [2.75, 3.05) is 13.1 Å². The van der Waals surface area contributed by atoms with Gasteiger partial charge in [-0.2, -0.15) is 10.2 Å². The van der Waals surface area contributed by atoms with Crippen LogP contribution in [0.2, 0.25) is 0 Å². The number of benzene rings is 1. The fourth-order valence-electron chi connectivity index (χ4n) is 5.23. The van der Waals surface area contributed by atoms with E-state index < -0.39 is 0 Å². The van der Waals surface area contributed by atoms with Crippen LogP contribution in [-0.2, 0) is 7.05 Å². The number of nitrogens with zero attached hydrogens (tertiary/aromatic N) is 5. The molecule has 4 heterocycles. The maximum atomic E-state index is 4.97. The highest BCUT2D eigenvalue weighted by Gasteiger charge is 2.42. The average molecular weight is 393 g/mol. The lowest BCUT2D eigenvalue weighted by Crippen LogP contribution is -2.20. The number of aryl methyl sites for hydroxylation is 2. The molecule has 3 aromatic heterocycles. The monoisotopic (exact) mass is 392 g/mol. The molecule has 0 amide bonds. The molecule has 1 aliphatic carbocycles. The lowest BCUT2D eigenvalue weighted by atomic mass is 9.84. The Morgan fingerprint density at radius 3 is 2.96 bits per heavy atom. The van der Waals surface area contributed by atoms with E-state index in [4.69, 9.17) is 10.1 Å². The van der Waals surface area contributed by atoms with Gasteiger partial charge in [0.15, 0.2) is 0 Å². The molecule has 1 aliphatic heterocycles. The summed E-state index contributed by atoms with van der Waals surface area (Å²) < 4.78 is 3.85. The molecule has 28 heavy (non-hydrogen) atoms. The molecule has 0 bridgehead atoms. The smallest absolute Gasteiger partial charge is 0.212 e. The minimum atomic E-state index is 0.525. The molecule has 1 spiro atoms. The summed E-state index contributed by atoms with van der Waals surface area (Å²) in [5.41, 5.74) is 5.14. The van der Waals surface area contributed by atoms with Gasteiger partial charge in [0.05, 0.1) is 17.4 Å². The summed E-state index contributed by atoms with van der Waals surface area (Å²) in [6, 6.07) is 4.37. The lowest BCUT2D eigenvalue weighted by molar-refractivity contribution is 0.331. The predicted octanol–water partition coefficient (Wildman–Crippen LogP) is 3.90. The topological polar surface area (TPSA) is 60.0 Å². The van der Waals surface area contributed by atoms with Gasteiger partial charge >= 0.3 is 0 Å². The van der Waals surface area contributed by atoms with E-state index in [2.05, 4.69) is 41.9 Å². The van der Waals surface area contributed by atoms with E-state index in [0.717, 1.165) is 26.4 Å². The molecule has 1 aromatic carbocycles. The summed E-state index contributed by atoms with van der Waals surface area (Å²) in [5.74, 6) is 0.589. The first-order chi connectivity index (χ1) is 13.6. The first-order valence-electron chi connectivity index (χ1n) is 10.1. The zero-order valence-electron chi connectivity index (χ0n) is 16.3. The Hall–Kier alpha value is -2.25. The van der Waals surface area contributed by atoms with Gasteiger partial charge in [-0.15, -0.1) is 0 Å². The van der Waals surface area contributed by atoms with Crippen molar-refractivity contribution in [1.82, 2.24) is 29.7 Å². The molecule has 7 heteroatoms. The number of fused-ring (bicyclic) bond motifs is 2. The molecular weight excluding hydrogens is 368 g/mol. The quantitative estimate of drug-likeness (QED) is 0.562. The second-order valence-electron chi connectivity index (χ2n) is 8.70. The summed E-state index contributed by atoms with van der Waals surface area (Å²) in [4.78, 5) is 5.97. The first kappa shape index (κ1) is 16.7. The van der Waals surface area contributed by atoms with Gasteiger partial charge < -0.3 is 5.32 Å². The maximum Gasteiger partial charge on any atom is 0.212 e. The summed E-state index contributed by atoms with van der Waals surface area (Å²) in [6.07, 6.45) is 9.42. The number of nitrogens with one attached hydrogen (secondary N) is 1. The second kappa shape index (κ2) is 5.87. The van der Waals surface area contributed by atoms with Crippen LogP contribution >= 0.6 is 11.3 Å². The molecule has 1 N–H and O–H groups in total. The molecule has 6 rings (SSSR count). The molecule has 1 saturated carbocycles. The highest BCUT2D eigenvalue weighted by molar-refractivity contribution is 7.19. The summed E-state index contributed by atoms with van der Waals surface area (Å²) >= 11 is 1.68. The molecule has 4 aromatic rings. The zero-order valence-corrected chi connectivity index (χ0v) is 17.1. The van der Waals surface area contributed by atoms with E-state index in [1.54, 1.807) is 11.3 Å². The summed E-state index contributed by atoms with van der Waals surface area (Å²) in [6.45, 7) is 4.48. The lowest BCUT2D eigenvalue weighted by Gasteiger charge is -2.21.